The van der Waals surface area contributed by atoms with Crippen LogP contribution in [0.3, 0.4) is 0 Å². The standard InChI is InChI=1S/C30H24Cl2N2O5/c1-16(2)39-28(38)17-11-13-18(14-12-17)33-23(35)15-34-26(36)24-25(27(34)37)30(32)20-8-4-3-7-19(20)29(24,31)21-9-5-6-10-22(21)30/h3-14,16,24-25H,15H2,1-2H3,(H,33,35)/t24-,25-,29?,30?/m1/s1. The molecule has 0 aromatic heterocycles. The third-order valence-electron chi connectivity index (χ3n) is 7.73. The molecule has 1 fully saturated rings. The number of amides is 3. The molecule has 3 aromatic carbocycles. The predicted molar refractivity (Wildman–Crippen MR) is 145 cm³/mol. The minimum Gasteiger partial charge on any atom is -0.459 e. The van der Waals surface area contributed by atoms with Crippen molar-refractivity contribution < 1.29 is 23.9 Å². The molecule has 1 saturated heterocycles. The van der Waals surface area contributed by atoms with E-state index in [1.54, 1.807) is 26.0 Å². The van der Waals surface area contributed by atoms with E-state index in [2.05, 4.69) is 5.32 Å². The zero-order valence-corrected chi connectivity index (χ0v) is 22.6. The van der Waals surface area contributed by atoms with Gasteiger partial charge < -0.3 is 10.1 Å². The first kappa shape index (κ1) is 25.6. The first-order chi connectivity index (χ1) is 18.6. The van der Waals surface area contributed by atoms with Crippen LogP contribution in [0, 0.1) is 11.8 Å². The number of hydrogen-bond acceptors (Lipinski definition) is 5. The molecule has 39 heavy (non-hydrogen) atoms. The molecule has 7 rings (SSSR count). The van der Waals surface area contributed by atoms with Gasteiger partial charge in [-0.1, -0.05) is 48.5 Å². The number of ether oxygens (including phenoxy) is 1. The summed E-state index contributed by atoms with van der Waals surface area (Å²) < 4.78 is 5.17. The van der Waals surface area contributed by atoms with Crippen molar-refractivity contribution in [2.24, 2.45) is 11.8 Å². The molecule has 198 valence electrons. The van der Waals surface area contributed by atoms with Crippen LogP contribution >= 0.6 is 23.2 Å². The quantitative estimate of drug-likeness (QED) is 0.274. The highest BCUT2D eigenvalue weighted by atomic mass is 35.5. The van der Waals surface area contributed by atoms with E-state index < -0.39 is 51.8 Å². The molecule has 3 aromatic rings. The van der Waals surface area contributed by atoms with E-state index in [0.29, 0.717) is 33.5 Å². The fourth-order valence-electron chi connectivity index (χ4n) is 6.20. The number of halogens is 2. The highest BCUT2D eigenvalue weighted by Crippen LogP contribution is 2.69. The SMILES string of the molecule is CC(C)OC(=O)c1ccc(NC(=O)CN2C(=O)[C@H]3[C@H](C2=O)C2(Cl)c4ccccc4C3(Cl)c3ccccc32)cc1. The molecule has 9 heteroatoms. The van der Waals surface area contributed by atoms with Gasteiger partial charge in [0.05, 0.1) is 23.5 Å². The van der Waals surface area contributed by atoms with Crippen LogP contribution < -0.4 is 5.32 Å². The Morgan fingerprint density at radius 1 is 0.821 bits per heavy atom. The molecule has 1 aliphatic heterocycles. The van der Waals surface area contributed by atoms with Crippen LogP contribution in [-0.2, 0) is 28.9 Å². The number of carbonyl (C=O) groups is 4. The van der Waals surface area contributed by atoms with Crippen molar-refractivity contribution in [2.45, 2.75) is 29.7 Å². The average Bonchev–Trinajstić information content (AvgIpc) is 3.17. The molecule has 3 amide bonds. The molecule has 1 N–H and O–H groups in total. The van der Waals surface area contributed by atoms with Gasteiger partial charge in [-0.25, -0.2) is 4.79 Å². The second-order valence-electron chi connectivity index (χ2n) is 10.3. The summed E-state index contributed by atoms with van der Waals surface area (Å²) in [4.78, 5) is 51.1. The summed E-state index contributed by atoms with van der Waals surface area (Å²) in [6, 6.07) is 20.9. The second kappa shape index (κ2) is 8.93. The van der Waals surface area contributed by atoms with E-state index in [9.17, 15) is 19.2 Å². The van der Waals surface area contributed by atoms with Crippen LogP contribution in [0.1, 0.15) is 46.5 Å². The number of esters is 1. The van der Waals surface area contributed by atoms with Crippen molar-refractivity contribution >= 4 is 52.6 Å². The molecule has 0 radical (unpaired) electrons. The summed E-state index contributed by atoms with van der Waals surface area (Å²) in [5.41, 5.74) is 3.54. The molecule has 0 unspecified atom stereocenters. The van der Waals surface area contributed by atoms with Crippen molar-refractivity contribution in [1.82, 2.24) is 4.90 Å². The van der Waals surface area contributed by atoms with Gasteiger partial charge in [-0.15, -0.1) is 23.2 Å². The number of alkyl halides is 2. The maximum atomic E-state index is 13.8. The lowest BCUT2D eigenvalue weighted by Crippen LogP contribution is -2.57. The molecule has 7 nitrogen and oxygen atoms in total. The highest BCUT2D eigenvalue weighted by Gasteiger charge is 2.73. The Kier molecular flexibility index (Phi) is 5.86. The molecule has 2 bridgehead atoms. The molecule has 0 saturated carbocycles. The van der Waals surface area contributed by atoms with Crippen LogP contribution in [0.4, 0.5) is 5.69 Å². The van der Waals surface area contributed by atoms with E-state index in [1.165, 1.54) is 12.1 Å². The van der Waals surface area contributed by atoms with Gasteiger partial charge in [-0.2, -0.15) is 0 Å². The molecular weight excluding hydrogens is 539 g/mol. The Hall–Kier alpha value is -3.68. The fraction of sp³-hybridized carbons (Fsp3) is 0.267. The highest BCUT2D eigenvalue weighted by molar-refractivity contribution is 6.36. The van der Waals surface area contributed by atoms with E-state index in [4.69, 9.17) is 27.9 Å². The maximum absolute atomic E-state index is 13.8. The monoisotopic (exact) mass is 562 g/mol. The topological polar surface area (TPSA) is 92.8 Å². The van der Waals surface area contributed by atoms with Crippen molar-refractivity contribution in [1.29, 1.82) is 0 Å². The average molecular weight is 563 g/mol. The van der Waals surface area contributed by atoms with Crippen molar-refractivity contribution in [2.75, 3.05) is 11.9 Å². The lowest BCUT2D eigenvalue weighted by molar-refractivity contribution is -0.142. The van der Waals surface area contributed by atoms with Gasteiger partial charge in [0.15, 0.2) is 0 Å². The van der Waals surface area contributed by atoms with Gasteiger partial charge in [0, 0.05) is 5.69 Å². The lowest BCUT2D eigenvalue weighted by Gasteiger charge is -2.54. The molecule has 0 spiro atoms. The van der Waals surface area contributed by atoms with Crippen LogP contribution in [-0.4, -0.2) is 41.2 Å². The lowest BCUT2D eigenvalue weighted by atomic mass is 9.54. The third kappa shape index (κ3) is 3.56. The van der Waals surface area contributed by atoms with Crippen LogP contribution in [0.2, 0.25) is 0 Å². The number of rotatable bonds is 5. The van der Waals surface area contributed by atoms with Gasteiger partial charge in [-0.05, 0) is 60.4 Å². The maximum Gasteiger partial charge on any atom is 0.338 e. The Labute approximate surface area is 235 Å². The van der Waals surface area contributed by atoms with Gasteiger partial charge in [0.1, 0.15) is 16.3 Å². The molecule has 3 aliphatic carbocycles. The molecular formula is C30H24Cl2N2O5. The van der Waals surface area contributed by atoms with Gasteiger partial charge in [0.2, 0.25) is 17.7 Å². The molecule has 2 atom stereocenters. The number of imide groups is 1. The minimum absolute atomic E-state index is 0.258. The number of carbonyl (C=O) groups excluding carboxylic acids is 4. The Balaban J connectivity index is 1.29. The molecule has 4 aliphatic rings. The van der Waals surface area contributed by atoms with E-state index in [-0.39, 0.29) is 6.10 Å². The first-order valence-corrected chi connectivity index (χ1v) is 13.4. The van der Waals surface area contributed by atoms with Crippen molar-refractivity contribution in [3.63, 3.8) is 0 Å². The van der Waals surface area contributed by atoms with Gasteiger partial charge in [-0.3, -0.25) is 19.3 Å². The summed E-state index contributed by atoms with van der Waals surface area (Å²) >= 11 is 14.8. The largest absolute Gasteiger partial charge is 0.459 e. The third-order valence-corrected chi connectivity index (χ3v) is 9.01. The van der Waals surface area contributed by atoms with Crippen molar-refractivity contribution in [3.8, 4) is 0 Å². The number of likely N-dealkylation sites (tertiary alicyclic amines) is 1. The Morgan fingerprint density at radius 2 is 1.26 bits per heavy atom. The van der Waals surface area contributed by atoms with Gasteiger partial charge >= 0.3 is 5.97 Å². The van der Waals surface area contributed by atoms with Crippen molar-refractivity contribution in [3.05, 3.63) is 101 Å². The van der Waals surface area contributed by atoms with E-state index >= 15 is 0 Å². The Morgan fingerprint density at radius 3 is 1.67 bits per heavy atom. The zero-order valence-electron chi connectivity index (χ0n) is 21.1. The summed E-state index contributed by atoms with van der Waals surface area (Å²) in [5, 5.41) is 2.69. The number of anilines is 1. The van der Waals surface area contributed by atoms with Crippen LogP contribution in [0.5, 0.6) is 0 Å². The van der Waals surface area contributed by atoms with E-state index in [1.807, 2.05) is 48.5 Å². The minimum atomic E-state index is -1.30. The zero-order chi connectivity index (χ0) is 27.7. The van der Waals surface area contributed by atoms with Crippen LogP contribution in [0.25, 0.3) is 0 Å². The summed E-state index contributed by atoms with van der Waals surface area (Å²) in [6.07, 6.45) is -0.258. The van der Waals surface area contributed by atoms with E-state index in [0.717, 1.165) is 4.90 Å². The summed E-state index contributed by atoms with van der Waals surface area (Å²) in [5.74, 6) is -4.03. The fourth-order valence-corrected chi connectivity index (χ4v) is 7.29. The van der Waals surface area contributed by atoms with Gasteiger partial charge in [0.25, 0.3) is 0 Å². The second-order valence-corrected chi connectivity index (χ2v) is 11.5. The first-order valence-electron chi connectivity index (χ1n) is 12.6. The number of nitrogens with one attached hydrogen (secondary N) is 1. The number of benzene rings is 3. The smallest absolute Gasteiger partial charge is 0.338 e. The van der Waals surface area contributed by atoms with Crippen LogP contribution in [0.15, 0.2) is 72.8 Å². The summed E-state index contributed by atoms with van der Waals surface area (Å²) in [6.45, 7) is 3.02. The number of hydrogen-bond donors (Lipinski definition) is 1. The number of nitrogens with zero attached hydrogens (tertiary/aromatic N) is 1. The predicted octanol–water partition coefficient (Wildman–Crippen LogP) is 4.78. The Bertz CT molecular complexity index is 1430. The summed E-state index contributed by atoms with van der Waals surface area (Å²) in [7, 11) is 0. The normalized spacial score (nSPS) is 26.2. The molecule has 1 heterocycles.